The second kappa shape index (κ2) is 6.72. The number of rotatable bonds is 6. The van der Waals surface area contributed by atoms with Crippen LogP contribution in [0.3, 0.4) is 0 Å². The number of piperidine rings is 1. The first-order valence-corrected chi connectivity index (χ1v) is 9.90. The van der Waals surface area contributed by atoms with Crippen LogP contribution in [0.25, 0.3) is 0 Å². The molecule has 23 heavy (non-hydrogen) atoms. The summed E-state index contributed by atoms with van der Waals surface area (Å²) in [6.07, 6.45) is 8.14. The molecule has 4 heteroatoms. The van der Waals surface area contributed by atoms with Gasteiger partial charge in [0.05, 0.1) is 13.1 Å². The van der Waals surface area contributed by atoms with Crippen molar-refractivity contribution in [2.75, 3.05) is 32.7 Å². The quantitative estimate of drug-likeness (QED) is 0.590. The summed E-state index contributed by atoms with van der Waals surface area (Å²) in [5.74, 6) is 1.72. The normalized spacial score (nSPS) is 36.3. The minimum absolute atomic E-state index is 0.00103. The molecule has 3 aliphatic rings. The Morgan fingerprint density at radius 3 is 2.48 bits per heavy atom. The highest BCUT2D eigenvalue weighted by molar-refractivity contribution is 5.77. The first kappa shape index (κ1) is 17.2. The Balaban J connectivity index is 1.41. The molecule has 1 saturated heterocycles. The van der Waals surface area contributed by atoms with E-state index in [-0.39, 0.29) is 16.9 Å². The molecular weight excluding hydrogens is 286 g/mol. The number of fused-ring (bicyclic) bond motifs is 2. The molecular formula is C19H37N3O+2. The zero-order chi connectivity index (χ0) is 16.5. The van der Waals surface area contributed by atoms with Crippen molar-refractivity contribution in [3.63, 3.8) is 0 Å². The molecule has 0 aromatic heterocycles. The van der Waals surface area contributed by atoms with Crippen molar-refractivity contribution in [1.82, 2.24) is 5.32 Å². The van der Waals surface area contributed by atoms with Gasteiger partial charge in [0.1, 0.15) is 13.1 Å². The maximum Gasteiger partial charge on any atom is 0.275 e. The summed E-state index contributed by atoms with van der Waals surface area (Å²) >= 11 is 0. The molecule has 132 valence electrons. The van der Waals surface area contributed by atoms with Gasteiger partial charge in [0.2, 0.25) is 0 Å². The third kappa shape index (κ3) is 3.30. The van der Waals surface area contributed by atoms with E-state index in [4.69, 9.17) is 0 Å². The van der Waals surface area contributed by atoms with Crippen LogP contribution >= 0.6 is 0 Å². The molecule has 2 bridgehead atoms. The number of hydrogen-bond donors (Lipinski definition) is 3. The van der Waals surface area contributed by atoms with Crippen molar-refractivity contribution in [2.45, 2.75) is 64.8 Å². The standard InChI is InChI=1S/C19H35N3O/c1-18(2)15-7-8-16(13-15)19(18,3)21-17(23)14-20-9-12-22-10-5-4-6-11-22/h15-16,20H,4-14H2,1-3H3,(H,21,23)/p+2/t15-,16-,19-/m1/s1. The smallest absolute Gasteiger partial charge is 0.275 e. The Hall–Kier alpha value is -0.610. The van der Waals surface area contributed by atoms with Gasteiger partial charge in [-0.2, -0.15) is 0 Å². The SMILES string of the molecule is CC1(C)[C@@H]2CC[C@H](C2)[C@@]1(C)NC(=O)C[NH2+]CC[NH+]1CCCCC1. The van der Waals surface area contributed by atoms with E-state index in [0.717, 1.165) is 12.5 Å². The van der Waals surface area contributed by atoms with Crippen molar-refractivity contribution in [3.05, 3.63) is 0 Å². The highest BCUT2D eigenvalue weighted by atomic mass is 16.2. The van der Waals surface area contributed by atoms with E-state index >= 15 is 0 Å². The molecule has 0 spiro atoms. The fourth-order valence-electron chi connectivity index (χ4n) is 5.56. The van der Waals surface area contributed by atoms with E-state index in [2.05, 4.69) is 31.4 Å². The van der Waals surface area contributed by atoms with E-state index in [0.29, 0.717) is 12.5 Å². The van der Waals surface area contributed by atoms with Gasteiger partial charge < -0.3 is 15.5 Å². The molecule has 1 heterocycles. The molecule has 2 saturated carbocycles. The lowest BCUT2D eigenvalue weighted by Crippen LogP contribution is -3.15. The number of nitrogens with two attached hydrogens (primary N) is 1. The number of likely N-dealkylation sites (tertiary alicyclic amines) is 1. The first-order chi connectivity index (χ1) is 10.9. The van der Waals surface area contributed by atoms with Crippen molar-refractivity contribution in [1.29, 1.82) is 0 Å². The molecule has 3 rings (SSSR count). The summed E-state index contributed by atoms with van der Waals surface area (Å²) < 4.78 is 0. The largest absolute Gasteiger partial charge is 0.345 e. The second-order valence-corrected chi connectivity index (χ2v) is 9.02. The first-order valence-electron chi connectivity index (χ1n) is 9.90. The Morgan fingerprint density at radius 1 is 1.13 bits per heavy atom. The summed E-state index contributed by atoms with van der Waals surface area (Å²) in [6.45, 7) is 12.6. The summed E-state index contributed by atoms with van der Waals surface area (Å²) in [7, 11) is 0. The van der Waals surface area contributed by atoms with E-state index in [1.165, 1.54) is 58.2 Å². The van der Waals surface area contributed by atoms with Gasteiger partial charge in [0.15, 0.2) is 6.54 Å². The van der Waals surface area contributed by atoms with Gasteiger partial charge in [-0.1, -0.05) is 13.8 Å². The van der Waals surface area contributed by atoms with Crippen LogP contribution in [0.15, 0.2) is 0 Å². The van der Waals surface area contributed by atoms with Gasteiger partial charge in [-0.25, -0.2) is 0 Å². The Morgan fingerprint density at radius 2 is 1.83 bits per heavy atom. The van der Waals surface area contributed by atoms with Crippen molar-refractivity contribution in [3.8, 4) is 0 Å². The van der Waals surface area contributed by atoms with E-state index < -0.39 is 0 Å². The van der Waals surface area contributed by atoms with Crippen LogP contribution < -0.4 is 15.5 Å². The van der Waals surface area contributed by atoms with Gasteiger partial charge in [0.25, 0.3) is 5.91 Å². The average Bonchev–Trinajstić information content (AvgIpc) is 3.08. The summed E-state index contributed by atoms with van der Waals surface area (Å²) in [5.41, 5.74) is 0.239. The molecule has 0 radical (unpaired) electrons. The Labute approximate surface area is 141 Å². The molecule has 0 aromatic carbocycles. The van der Waals surface area contributed by atoms with Gasteiger partial charge in [-0.05, 0) is 62.7 Å². The number of carbonyl (C=O) groups is 1. The van der Waals surface area contributed by atoms with E-state index in [1.54, 1.807) is 4.90 Å². The van der Waals surface area contributed by atoms with Crippen LogP contribution in [-0.2, 0) is 4.79 Å². The molecule has 2 aliphatic carbocycles. The molecule has 4 nitrogen and oxygen atoms in total. The van der Waals surface area contributed by atoms with Gasteiger partial charge >= 0.3 is 0 Å². The maximum absolute atomic E-state index is 12.5. The monoisotopic (exact) mass is 323 g/mol. The highest BCUT2D eigenvalue weighted by Gasteiger charge is 2.60. The Bertz CT molecular complexity index is 430. The number of amides is 1. The summed E-state index contributed by atoms with van der Waals surface area (Å²) in [6, 6.07) is 0. The maximum atomic E-state index is 12.5. The predicted molar refractivity (Wildman–Crippen MR) is 92.2 cm³/mol. The minimum Gasteiger partial charge on any atom is -0.345 e. The van der Waals surface area contributed by atoms with Gasteiger partial charge in [-0.15, -0.1) is 0 Å². The minimum atomic E-state index is -0.00103. The zero-order valence-corrected chi connectivity index (χ0v) is 15.4. The Kier molecular flexibility index (Phi) is 5.03. The topological polar surface area (TPSA) is 50.1 Å². The van der Waals surface area contributed by atoms with Crippen molar-refractivity contribution < 1.29 is 15.0 Å². The van der Waals surface area contributed by atoms with Crippen LogP contribution in [0.4, 0.5) is 0 Å². The van der Waals surface area contributed by atoms with E-state index in [9.17, 15) is 4.79 Å². The zero-order valence-electron chi connectivity index (χ0n) is 15.4. The molecule has 1 aliphatic heterocycles. The second-order valence-electron chi connectivity index (χ2n) is 9.02. The van der Waals surface area contributed by atoms with E-state index in [1.807, 2.05) is 0 Å². The van der Waals surface area contributed by atoms with Crippen molar-refractivity contribution in [2.24, 2.45) is 17.3 Å². The fourth-order valence-corrected chi connectivity index (χ4v) is 5.56. The summed E-state index contributed by atoms with van der Waals surface area (Å²) in [5, 5.41) is 5.65. The lowest BCUT2D eigenvalue weighted by atomic mass is 9.64. The molecule has 1 amide bonds. The summed E-state index contributed by atoms with van der Waals surface area (Å²) in [4.78, 5) is 14.2. The number of quaternary nitrogens is 2. The lowest BCUT2D eigenvalue weighted by molar-refractivity contribution is -0.916. The van der Waals surface area contributed by atoms with Crippen LogP contribution in [0, 0.1) is 17.3 Å². The predicted octanol–water partition coefficient (Wildman–Crippen LogP) is -0.0504. The number of hydrogen-bond acceptors (Lipinski definition) is 1. The molecule has 4 N–H and O–H groups in total. The third-order valence-electron chi connectivity index (χ3n) is 7.60. The fraction of sp³-hybridized carbons (Fsp3) is 0.947. The molecule has 0 aromatic rings. The number of nitrogens with one attached hydrogen (secondary N) is 2. The van der Waals surface area contributed by atoms with Crippen LogP contribution in [-0.4, -0.2) is 44.2 Å². The van der Waals surface area contributed by atoms with Crippen LogP contribution in [0.1, 0.15) is 59.3 Å². The van der Waals surface area contributed by atoms with Crippen LogP contribution in [0.5, 0.6) is 0 Å². The van der Waals surface area contributed by atoms with Crippen molar-refractivity contribution >= 4 is 5.91 Å². The molecule has 0 unspecified atom stereocenters. The lowest BCUT2D eigenvalue weighted by Gasteiger charge is -2.48. The molecule has 3 atom stereocenters. The molecule has 3 fully saturated rings. The van der Waals surface area contributed by atoms with Gasteiger partial charge in [-0.3, -0.25) is 4.79 Å². The number of carbonyl (C=O) groups excluding carboxylic acids is 1. The third-order valence-corrected chi connectivity index (χ3v) is 7.60. The van der Waals surface area contributed by atoms with Gasteiger partial charge in [0, 0.05) is 5.54 Å². The average molecular weight is 324 g/mol. The van der Waals surface area contributed by atoms with Crippen LogP contribution in [0.2, 0.25) is 0 Å². The highest BCUT2D eigenvalue weighted by Crippen LogP contribution is 2.61.